The number of carbonyl (C=O) groups is 1. The monoisotopic (exact) mass is 194 g/mol. The van der Waals surface area contributed by atoms with Crippen LogP contribution in [-0.2, 0) is 11.2 Å². The predicted octanol–water partition coefficient (Wildman–Crippen LogP) is 0.121. The third kappa shape index (κ3) is 4.00. The van der Waals surface area contributed by atoms with Crippen molar-refractivity contribution in [2.75, 3.05) is 6.54 Å². The molecule has 0 saturated carbocycles. The quantitative estimate of drug-likeness (QED) is 0.715. The average molecular weight is 194 g/mol. The molecule has 0 bridgehead atoms. The molecule has 0 aliphatic carbocycles. The molecule has 1 amide bonds. The lowest BCUT2D eigenvalue weighted by Gasteiger charge is -2.06. The van der Waals surface area contributed by atoms with Crippen molar-refractivity contribution in [2.24, 2.45) is 0 Å². The SMILES string of the molecule is C[C@H](O)CNC(=O)Cc1ccccn1. The molecule has 76 valence electrons. The smallest absolute Gasteiger partial charge is 0.226 e. The number of aliphatic hydroxyl groups excluding tert-OH is 1. The van der Waals surface area contributed by atoms with E-state index in [-0.39, 0.29) is 18.9 Å². The summed E-state index contributed by atoms with van der Waals surface area (Å²) in [6, 6.07) is 5.43. The first-order chi connectivity index (χ1) is 6.68. The Balaban J connectivity index is 2.35. The van der Waals surface area contributed by atoms with Gasteiger partial charge in [-0.25, -0.2) is 0 Å². The van der Waals surface area contributed by atoms with Crippen LogP contribution in [0, 0.1) is 0 Å². The van der Waals surface area contributed by atoms with Gasteiger partial charge in [-0.3, -0.25) is 9.78 Å². The standard InChI is InChI=1S/C10H14N2O2/c1-8(13)7-12-10(14)6-9-4-2-3-5-11-9/h2-5,8,13H,6-7H2,1H3,(H,12,14)/t8-/m0/s1. The third-order valence-corrected chi connectivity index (χ3v) is 1.66. The molecule has 0 aromatic carbocycles. The van der Waals surface area contributed by atoms with E-state index < -0.39 is 6.10 Å². The molecule has 0 fully saturated rings. The molecule has 0 aliphatic rings. The number of nitrogens with one attached hydrogen (secondary N) is 1. The Bertz CT molecular complexity index is 285. The Labute approximate surface area is 83.0 Å². The van der Waals surface area contributed by atoms with Crippen molar-refractivity contribution in [1.82, 2.24) is 10.3 Å². The number of amides is 1. The van der Waals surface area contributed by atoms with Gasteiger partial charge in [0.05, 0.1) is 12.5 Å². The van der Waals surface area contributed by atoms with Crippen LogP contribution in [0.5, 0.6) is 0 Å². The van der Waals surface area contributed by atoms with Crippen LogP contribution in [0.15, 0.2) is 24.4 Å². The molecule has 4 heteroatoms. The summed E-state index contributed by atoms with van der Waals surface area (Å²) in [4.78, 5) is 15.3. The number of aliphatic hydroxyl groups is 1. The second-order valence-corrected chi connectivity index (χ2v) is 3.15. The average Bonchev–Trinajstić information content (AvgIpc) is 2.16. The maximum Gasteiger partial charge on any atom is 0.226 e. The van der Waals surface area contributed by atoms with E-state index in [1.54, 1.807) is 25.3 Å². The number of hydrogen-bond donors (Lipinski definition) is 2. The largest absolute Gasteiger partial charge is 0.392 e. The van der Waals surface area contributed by atoms with Crippen molar-refractivity contribution in [1.29, 1.82) is 0 Å². The second-order valence-electron chi connectivity index (χ2n) is 3.15. The van der Waals surface area contributed by atoms with Gasteiger partial charge in [-0.2, -0.15) is 0 Å². The summed E-state index contributed by atoms with van der Waals surface area (Å²) >= 11 is 0. The highest BCUT2D eigenvalue weighted by atomic mass is 16.3. The molecule has 0 spiro atoms. The number of nitrogens with zero attached hydrogens (tertiary/aromatic N) is 1. The van der Waals surface area contributed by atoms with Crippen molar-refractivity contribution in [3.8, 4) is 0 Å². The van der Waals surface area contributed by atoms with Gasteiger partial charge in [0.2, 0.25) is 5.91 Å². The van der Waals surface area contributed by atoms with E-state index in [1.165, 1.54) is 0 Å². The minimum absolute atomic E-state index is 0.121. The minimum atomic E-state index is -0.511. The zero-order valence-corrected chi connectivity index (χ0v) is 8.10. The van der Waals surface area contributed by atoms with Gasteiger partial charge in [-0.05, 0) is 19.1 Å². The molecule has 0 unspecified atom stereocenters. The van der Waals surface area contributed by atoms with E-state index >= 15 is 0 Å². The van der Waals surface area contributed by atoms with Crippen molar-refractivity contribution < 1.29 is 9.90 Å². The number of aromatic nitrogens is 1. The number of pyridine rings is 1. The Morgan fingerprint density at radius 2 is 2.43 bits per heavy atom. The van der Waals surface area contributed by atoms with E-state index in [9.17, 15) is 4.79 Å². The van der Waals surface area contributed by atoms with E-state index in [0.29, 0.717) is 0 Å². The maximum absolute atomic E-state index is 11.3. The third-order valence-electron chi connectivity index (χ3n) is 1.66. The van der Waals surface area contributed by atoms with Gasteiger partial charge < -0.3 is 10.4 Å². The highest BCUT2D eigenvalue weighted by molar-refractivity contribution is 5.78. The highest BCUT2D eigenvalue weighted by Gasteiger charge is 2.04. The van der Waals surface area contributed by atoms with E-state index in [4.69, 9.17) is 5.11 Å². The van der Waals surface area contributed by atoms with Crippen LogP contribution in [0.2, 0.25) is 0 Å². The van der Waals surface area contributed by atoms with Crippen molar-refractivity contribution in [3.63, 3.8) is 0 Å². The first kappa shape index (κ1) is 10.7. The molecule has 1 heterocycles. The van der Waals surface area contributed by atoms with Gasteiger partial charge in [-0.15, -0.1) is 0 Å². The lowest BCUT2D eigenvalue weighted by Crippen LogP contribution is -2.31. The summed E-state index contributed by atoms with van der Waals surface area (Å²) in [5, 5.41) is 11.5. The van der Waals surface area contributed by atoms with Crippen LogP contribution in [0.1, 0.15) is 12.6 Å². The molecule has 1 rings (SSSR count). The van der Waals surface area contributed by atoms with Crippen LogP contribution in [0.25, 0.3) is 0 Å². The zero-order chi connectivity index (χ0) is 10.4. The Morgan fingerprint density at radius 1 is 1.64 bits per heavy atom. The van der Waals surface area contributed by atoms with Crippen LogP contribution in [0.4, 0.5) is 0 Å². The van der Waals surface area contributed by atoms with Gasteiger partial charge in [-0.1, -0.05) is 6.07 Å². The molecule has 0 saturated heterocycles. The van der Waals surface area contributed by atoms with Crippen LogP contribution in [-0.4, -0.2) is 28.6 Å². The summed E-state index contributed by atoms with van der Waals surface area (Å²) in [5.74, 6) is -0.121. The van der Waals surface area contributed by atoms with Crippen molar-refractivity contribution in [2.45, 2.75) is 19.4 Å². The van der Waals surface area contributed by atoms with E-state index in [1.807, 2.05) is 6.07 Å². The molecular formula is C10H14N2O2. The molecule has 1 aromatic rings. The van der Waals surface area contributed by atoms with Crippen LogP contribution >= 0.6 is 0 Å². The first-order valence-corrected chi connectivity index (χ1v) is 4.53. The summed E-state index contributed by atoms with van der Waals surface area (Å²) in [6.07, 6.45) is 1.40. The van der Waals surface area contributed by atoms with Crippen LogP contribution in [0.3, 0.4) is 0 Å². The highest BCUT2D eigenvalue weighted by Crippen LogP contribution is 1.94. The maximum atomic E-state index is 11.3. The Morgan fingerprint density at radius 3 is 3.00 bits per heavy atom. The van der Waals surface area contributed by atoms with Gasteiger partial charge >= 0.3 is 0 Å². The van der Waals surface area contributed by atoms with Gasteiger partial charge in [0.25, 0.3) is 0 Å². The molecule has 14 heavy (non-hydrogen) atoms. The molecule has 1 aromatic heterocycles. The molecule has 2 N–H and O–H groups in total. The molecule has 1 atom stereocenters. The molecule has 0 aliphatic heterocycles. The Kier molecular flexibility index (Phi) is 4.07. The summed E-state index contributed by atoms with van der Waals surface area (Å²) in [5.41, 5.74) is 0.732. The lowest BCUT2D eigenvalue weighted by atomic mass is 10.2. The molecular weight excluding hydrogens is 180 g/mol. The normalized spacial score (nSPS) is 12.1. The van der Waals surface area contributed by atoms with Crippen molar-refractivity contribution in [3.05, 3.63) is 30.1 Å². The summed E-state index contributed by atoms with van der Waals surface area (Å²) < 4.78 is 0. The summed E-state index contributed by atoms with van der Waals surface area (Å²) in [6.45, 7) is 1.91. The second kappa shape index (κ2) is 5.34. The van der Waals surface area contributed by atoms with Crippen molar-refractivity contribution >= 4 is 5.91 Å². The van der Waals surface area contributed by atoms with E-state index in [2.05, 4.69) is 10.3 Å². The minimum Gasteiger partial charge on any atom is -0.392 e. The first-order valence-electron chi connectivity index (χ1n) is 4.53. The fourth-order valence-electron chi connectivity index (χ4n) is 0.991. The van der Waals surface area contributed by atoms with Gasteiger partial charge in [0.1, 0.15) is 0 Å². The number of rotatable bonds is 4. The number of carbonyl (C=O) groups excluding carboxylic acids is 1. The topological polar surface area (TPSA) is 62.2 Å². The fraction of sp³-hybridized carbons (Fsp3) is 0.400. The molecule has 0 radical (unpaired) electrons. The fourth-order valence-corrected chi connectivity index (χ4v) is 0.991. The Hall–Kier alpha value is -1.42. The summed E-state index contributed by atoms with van der Waals surface area (Å²) in [7, 11) is 0. The zero-order valence-electron chi connectivity index (χ0n) is 8.10. The van der Waals surface area contributed by atoms with Gasteiger partial charge in [0.15, 0.2) is 0 Å². The van der Waals surface area contributed by atoms with E-state index in [0.717, 1.165) is 5.69 Å². The van der Waals surface area contributed by atoms with Gasteiger partial charge in [0, 0.05) is 18.4 Å². The predicted molar refractivity (Wildman–Crippen MR) is 52.6 cm³/mol. The lowest BCUT2D eigenvalue weighted by molar-refractivity contribution is -0.120. The van der Waals surface area contributed by atoms with Crippen LogP contribution < -0.4 is 5.32 Å². The molecule has 4 nitrogen and oxygen atoms in total. The number of hydrogen-bond acceptors (Lipinski definition) is 3.